The van der Waals surface area contributed by atoms with Crippen molar-refractivity contribution in [2.45, 2.75) is 38.6 Å². The van der Waals surface area contributed by atoms with Gasteiger partial charge in [0.1, 0.15) is 11.0 Å². The van der Waals surface area contributed by atoms with Crippen LogP contribution in [0.15, 0.2) is 12.1 Å². The van der Waals surface area contributed by atoms with E-state index in [0.717, 1.165) is 19.4 Å². The lowest BCUT2D eigenvalue weighted by atomic mass is 10.1. The number of rotatable bonds is 2. The Kier molecular flexibility index (Phi) is 4.07. The molecule has 0 aromatic carbocycles. The van der Waals surface area contributed by atoms with Crippen LogP contribution in [0.25, 0.3) is 0 Å². The highest BCUT2D eigenvalue weighted by Crippen LogP contribution is 2.25. The number of carboxylic acids is 1. The number of nitrogens with zero attached hydrogens (tertiary/aromatic N) is 2. The van der Waals surface area contributed by atoms with Gasteiger partial charge in [0.2, 0.25) is 0 Å². The molecule has 0 spiro atoms. The van der Waals surface area contributed by atoms with E-state index in [-0.39, 0.29) is 10.7 Å². The first-order chi connectivity index (χ1) is 8.58. The highest BCUT2D eigenvalue weighted by Gasteiger charge is 2.20. The third-order valence-corrected chi connectivity index (χ3v) is 3.57. The van der Waals surface area contributed by atoms with Crippen LogP contribution in [0.5, 0.6) is 0 Å². The molecule has 1 fully saturated rings. The molecule has 5 heteroatoms. The van der Waals surface area contributed by atoms with E-state index in [4.69, 9.17) is 16.7 Å². The van der Waals surface area contributed by atoms with Crippen LogP contribution in [-0.2, 0) is 0 Å². The van der Waals surface area contributed by atoms with Crippen molar-refractivity contribution in [2.75, 3.05) is 11.4 Å². The number of anilines is 1. The summed E-state index contributed by atoms with van der Waals surface area (Å²) >= 11 is 5.90. The molecule has 0 amide bonds. The van der Waals surface area contributed by atoms with Gasteiger partial charge in [-0.2, -0.15) is 0 Å². The first-order valence-electron chi connectivity index (χ1n) is 6.25. The van der Waals surface area contributed by atoms with Gasteiger partial charge < -0.3 is 10.0 Å². The van der Waals surface area contributed by atoms with Gasteiger partial charge in [-0.3, -0.25) is 0 Å². The second-order valence-electron chi connectivity index (χ2n) is 4.73. The van der Waals surface area contributed by atoms with Gasteiger partial charge in [0, 0.05) is 12.6 Å². The summed E-state index contributed by atoms with van der Waals surface area (Å²) in [6.07, 6.45) is 4.65. The smallest absolute Gasteiger partial charge is 0.335 e. The molecule has 0 saturated carbocycles. The van der Waals surface area contributed by atoms with E-state index in [1.165, 1.54) is 18.9 Å². The number of aromatic carboxylic acids is 1. The maximum atomic E-state index is 11.0. The van der Waals surface area contributed by atoms with Crippen molar-refractivity contribution < 1.29 is 9.90 Å². The van der Waals surface area contributed by atoms with Gasteiger partial charge in [-0.15, -0.1) is 0 Å². The summed E-state index contributed by atoms with van der Waals surface area (Å²) in [5.41, 5.74) is 0.196. The molecular weight excluding hydrogens is 252 g/mol. The van der Waals surface area contributed by atoms with Crippen molar-refractivity contribution in [3.05, 3.63) is 22.8 Å². The van der Waals surface area contributed by atoms with E-state index in [2.05, 4.69) is 16.8 Å². The molecular formula is C13H17ClN2O2. The summed E-state index contributed by atoms with van der Waals surface area (Å²) < 4.78 is 0. The second-order valence-corrected chi connectivity index (χ2v) is 5.12. The first-order valence-corrected chi connectivity index (χ1v) is 6.63. The molecule has 1 atom stereocenters. The Bertz CT molecular complexity index is 451. The molecule has 0 aliphatic carbocycles. The molecule has 4 nitrogen and oxygen atoms in total. The van der Waals surface area contributed by atoms with Crippen LogP contribution in [0.1, 0.15) is 43.0 Å². The molecule has 1 N–H and O–H groups in total. The fourth-order valence-electron chi connectivity index (χ4n) is 2.37. The number of hydrogen-bond acceptors (Lipinski definition) is 3. The lowest BCUT2D eigenvalue weighted by Gasteiger charge is -2.28. The van der Waals surface area contributed by atoms with Crippen LogP contribution >= 0.6 is 11.6 Å². The van der Waals surface area contributed by atoms with Crippen LogP contribution in [0, 0.1) is 0 Å². The predicted octanol–water partition coefficient (Wildman–Crippen LogP) is 3.20. The molecule has 0 radical (unpaired) electrons. The van der Waals surface area contributed by atoms with E-state index >= 15 is 0 Å². The standard InChI is InChI=1S/C13H17ClN2O2/c1-9-5-3-2-4-6-16(9)12-8-10(13(17)18)7-11(14)15-12/h7-9H,2-6H2,1H3,(H,17,18). The van der Waals surface area contributed by atoms with E-state index in [1.54, 1.807) is 6.07 Å². The predicted molar refractivity (Wildman–Crippen MR) is 71.5 cm³/mol. The molecule has 1 aliphatic heterocycles. The lowest BCUT2D eigenvalue weighted by molar-refractivity contribution is 0.0696. The first kappa shape index (κ1) is 13.1. The number of aromatic nitrogens is 1. The van der Waals surface area contributed by atoms with Crippen molar-refractivity contribution in [1.29, 1.82) is 0 Å². The summed E-state index contributed by atoms with van der Waals surface area (Å²) in [5, 5.41) is 9.29. The van der Waals surface area contributed by atoms with Gasteiger partial charge in [0.15, 0.2) is 0 Å². The molecule has 1 saturated heterocycles. The normalized spacial score (nSPS) is 20.6. The maximum Gasteiger partial charge on any atom is 0.335 e. The zero-order chi connectivity index (χ0) is 13.1. The van der Waals surface area contributed by atoms with Crippen molar-refractivity contribution in [3.63, 3.8) is 0 Å². The average molecular weight is 269 g/mol. The number of halogens is 1. The molecule has 1 unspecified atom stereocenters. The van der Waals surface area contributed by atoms with Gasteiger partial charge in [0.05, 0.1) is 5.56 Å². The summed E-state index contributed by atoms with van der Waals surface area (Å²) in [5.74, 6) is -0.294. The Labute approximate surface area is 112 Å². The van der Waals surface area contributed by atoms with Gasteiger partial charge in [0.25, 0.3) is 0 Å². The van der Waals surface area contributed by atoms with Crippen molar-refractivity contribution in [1.82, 2.24) is 4.98 Å². The quantitative estimate of drug-likeness (QED) is 0.837. The summed E-state index contributed by atoms with van der Waals surface area (Å²) in [7, 11) is 0. The second kappa shape index (κ2) is 5.57. The average Bonchev–Trinajstić information content (AvgIpc) is 2.53. The van der Waals surface area contributed by atoms with Crippen molar-refractivity contribution in [3.8, 4) is 0 Å². The zero-order valence-corrected chi connectivity index (χ0v) is 11.2. The Morgan fingerprint density at radius 3 is 2.94 bits per heavy atom. The van der Waals surface area contributed by atoms with E-state index in [9.17, 15) is 4.79 Å². The highest BCUT2D eigenvalue weighted by molar-refractivity contribution is 6.29. The summed E-state index contributed by atoms with van der Waals surface area (Å²) in [4.78, 5) is 17.5. The Morgan fingerprint density at radius 2 is 2.22 bits per heavy atom. The molecule has 2 heterocycles. The van der Waals surface area contributed by atoms with Crippen LogP contribution in [0.4, 0.5) is 5.82 Å². The van der Waals surface area contributed by atoms with Crippen molar-refractivity contribution in [2.24, 2.45) is 0 Å². The van der Waals surface area contributed by atoms with Crippen LogP contribution < -0.4 is 4.90 Å². The number of pyridine rings is 1. The van der Waals surface area contributed by atoms with E-state index in [1.807, 2.05) is 0 Å². The fourth-order valence-corrected chi connectivity index (χ4v) is 2.57. The van der Waals surface area contributed by atoms with Gasteiger partial charge in [-0.25, -0.2) is 9.78 Å². The van der Waals surface area contributed by atoms with Gasteiger partial charge >= 0.3 is 5.97 Å². The molecule has 98 valence electrons. The van der Waals surface area contributed by atoms with Gasteiger partial charge in [-0.05, 0) is 31.9 Å². The topological polar surface area (TPSA) is 53.4 Å². The molecule has 1 aromatic heterocycles. The van der Waals surface area contributed by atoms with Crippen LogP contribution in [-0.4, -0.2) is 28.6 Å². The Hall–Kier alpha value is -1.29. The third kappa shape index (κ3) is 2.93. The lowest BCUT2D eigenvalue weighted by Crippen LogP contribution is -2.33. The minimum Gasteiger partial charge on any atom is -0.478 e. The van der Waals surface area contributed by atoms with Crippen molar-refractivity contribution >= 4 is 23.4 Å². The summed E-state index contributed by atoms with van der Waals surface area (Å²) in [6.45, 7) is 3.06. The Balaban J connectivity index is 2.33. The number of carboxylic acid groups (broad SMARTS) is 1. The zero-order valence-electron chi connectivity index (χ0n) is 10.4. The minimum absolute atomic E-state index is 0.196. The summed E-state index contributed by atoms with van der Waals surface area (Å²) in [6, 6.07) is 3.37. The monoisotopic (exact) mass is 268 g/mol. The van der Waals surface area contributed by atoms with E-state index in [0.29, 0.717) is 11.9 Å². The SMILES string of the molecule is CC1CCCCCN1c1cc(C(=O)O)cc(Cl)n1. The number of carbonyl (C=O) groups is 1. The maximum absolute atomic E-state index is 11.0. The molecule has 0 bridgehead atoms. The minimum atomic E-state index is -0.969. The van der Waals surface area contributed by atoms with Crippen LogP contribution in [0.2, 0.25) is 5.15 Å². The molecule has 1 aromatic rings. The van der Waals surface area contributed by atoms with Gasteiger partial charge in [-0.1, -0.05) is 24.4 Å². The van der Waals surface area contributed by atoms with Crippen LogP contribution in [0.3, 0.4) is 0 Å². The third-order valence-electron chi connectivity index (χ3n) is 3.37. The fraction of sp³-hybridized carbons (Fsp3) is 0.538. The molecule has 18 heavy (non-hydrogen) atoms. The number of hydrogen-bond donors (Lipinski definition) is 1. The molecule has 1 aliphatic rings. The highest BCUT2D eigenvalue weighted by atomic mass is 35.5. The molecule has 2 rings (SSSR count). The Morgan fingerprint density at radius 1 is 1.44 bits per heavy atom. The van der Waals surface area contributed by atoms with E-state index < -0.39 is 5.97 Å². The largest absolute Gasteiger partial charge is 0.478 e.